The summed E-state index contributed by atoms with van der Waals surface area (Å²) in [6, 6.07) is 0. The highest BCUT2D eigenvalue weighted by atomic mass is 16.5. The second-order valence-corrected chi connectivity index (χ2v) is 3.66. The van der Waals surface area contributed by atoms with Gasteiger partial charge in [-0.25, -0.2) is 4.79 Å². The van der Waals surface area contributed by atoms with E-state index in [9.17, 15) is 4.79 Å². The molecule has 0 aromatic heterocycles. The Hall–Kier alpha value is -2.35. The van der Waals surface area contributed by atoms with Crippen molar-refractivity contribution in [1.29, 1.82) is 0 Å². The van der Waals surface area contributed by atoms with Crippen LogP contribution < -0.4 is 0 Å². The molecule has 0 heterocycles. The van der Waals surface area contributed by atoms with Crippen molar-refractivity contribution in [2.75, 3.05) is 0 Å². The van der Waals surface area contributed by atoms with Gasteiger partial charge in [-0.15, -0.1) is 0 Å². The molecule has 0 rings (SSSR count). The summed E-state index contributed by atoms with van der Waals surface area (Å²) in [6.07, 6.45) is 7.94. The van der Waals surface area contributed by atoms with E-state index in [4.69, 9.17) is 4.74 Å². The molecule has 0 N–H and O–H groups in total. The van der Waals surface area contributed by atoms with Gasteiger partial charge in [0.15, 0.2) is 0 Å². The van der Waals surface area contributed by atoms with Crippen molar-refractivity contribution < 1.29 is 9.53 Å². The van der Waals surface area contributed by atoms with Crippen LogP contribution in [0.3, 0.4) is 0 Å². The molecule has 94 valence electrons. The third-order valence-corrected chi connectivity index (χ3v) is 1.85. The Kier molecular flexibility index (Phi) is 6.82. The fourth-order valence-corrected chi connectivity index (χ4v) is 0.855. The third-order valence-electron chi connectivity index (χ3n) is 1.85. The molecule has 0 saturated carbocycles. The molecule has 2 heteroatoms. The van der Waals surface area contributed by atoms with Gasteiger partial charge < -0.3 is 4.74 Å². The Morgan fingerprint density at radius 1 is 0.944 bits per heavy atom. The number of carbonyl (C=O) groups is 1. The van der Waals surface area contributed by atoms with Gasteiger partial charge in [0.05, 0.1) is 0 Å². The minimum atomic E-state index is -0.545. The van der Waals surface area contributed by atoms with Crippen LogP contribution in [-0.4, -0.2) is 5.97 Å². The van der Waals surface area contributed by atoms with Crippen molar-refractivity contribution in [3.8, 4) is 0 Å². The van der Waals surface area contributed by atoms with Gasteiger partial charge in [-0.3, -0.25) is 0 Å². The quantitative estimate of drug-likeness (QED) is 0.291. The lowest BCUT2D eigenvalue weighted by Crippen LogP contribution is -1.97. The first-order valence-corrected chi connectivity index (χ1v) is 5.29. The summed E-state index contributed by atoms with van der Waals surface area (Å²) < 4.78 is 4.79. The minimum Gasteiger partial charge on any atom is -0.424 e. The molecule has 0 aliphatic rings. The normalized spacial score (nSPS) is 10.3. The van der Waals surface area contributed by atoms with Crippen LogP contribution in [-0.2, 0) is 9.53 Å². The van der Waals surface area contributed by atoms with E-state index in [1.54, 1.807) is 12.2 Å². The Balaban J connectivity index is 4.43. The van der Waals surface area contributed by atoms with Gasteiger partial charge >= 0.3 is 5.97 Å². The zero-order valence-corrected chi connectivity index (χ0v) is 10.7. The molecular weight excluding hydrogens is 224 g/mol. The summed E-state index contributed by atoms with van der Waals surface area (Å²) in [7, 11) is 0. The molecular formula is C16H18O2. The fourth-order valence-electron chi connectivity index (χ4n) is 0.855. The van der Waals surface area contributed by atoms with Crippen molar-refractivity contribution >= 4 is 5.97 Å². The van der Waals surface area contributed by atoms with E-state index in [0.29, 0.717) is 5.57 Å². The molecule has 0 fully saturated rings. The molecule has 18 heavy (non-hydrogen) atoms. The molecule has 0 radical (unpaired) electrons. The van der Waals surface area contributed by atoms with Gasteiger partial charge in [0, 0.05) is 6.08 Å². The highest BCUT2D eigenvalue weighted by molar-refractivity contribution is 5.82. The number of ether oxygens (including phenoxy) is 1. The van der Waals surface area contributed by atoms with Crippen LogP contribution in [0.15, 0.2) is 85.8 Å². The van der Waals surface area contributed by atoms with Gasteiger partial charge in [-0.2, -0.15) is 0 Å². The maximum absolute atomic E-state index is 10.9. The molecule has 0 saturated heterocycles. The second-order valence-electron chi connectivity index (χ2n) is 3.66. The molecule has 0 aromatic carbocycles. The Morgan fingerprint density at radius 2 is 1.44 bits per heavy atom. The van der Waals surface area contributed by atoms with Crippen molar-refractivity contribution in [2.24, 2.45) is 0 Å². The molecule has 0 aliphatic heterocycles. The average molecular weight is 242 g/mol. The van der Waals surface area contributed by atoms with Crippen LogP contribution in [0.4, 0.5) is 0 Å². The van der Waals surface area contributed by atoms with Gasteiger partial charge in [0.25, 0.3) is 0 Å². The first-order chi connectivity index (χ1) is 8.36. The predicted octanol–water partition coefficient (Wildman–Crippen LogP) is 4.03. The molecule has 0 amide bonds. The van der Waals surface area contributed by atoms with Crippen molar-refractivity contribution in [3.05, 3.63) is 85.8 Å². The maximum atomic E-state index is 10.9. The van der Waals surface area contributed by atoms with E-state index >= 15 is 0 Å². The Morgan fingerprint density at radius 3 is 1.89 bits per heavy atom. The lowest BCUT2D eigenvalue weighted by atomic mass is 10.1. The van der Waals surface area contributed by atoms with E-state index in [1.165, 1.54) is 0 Å². The molecule has 0 aromatic rings. The number of allylic oxidation sites excluding steroid dienone is 7. The summed E-state index contributed by atoms with van der Waals surface area (Å²) in [4.78, 5) is 10.9. The van der Waals surface area contributed by atoms with Crippen molar-refractivity contribution in [1.82, 2.24) is 0 Å². The van der Waals surface area contributed by atoms with Crippen LogP contribution in [0.1, 0.15) is 6.92 Å². The van der Waals surface area contributed by atoms with E-state index in [0.717, 1.165) is 17.2 Å². The second kappa shape index (κ2) is 7.85. The zero-order valence-electron chi connectivity index (χ0n) is 10.7. The molecule has 2 nitrogen and oxygen atoms in total. The maximum Gasteiger partial charge on any atom is 0.335 e. The Bertz CT molecular complexity index is 459. The van der Waals surface area contributed by atoms with E-state index in [2.05, 4.69) is 32.9 Å². The van der Waals surface area contributed by atoms with Gasteiger partial charge in [0.1, 0.15) is 5.76 Å². The van der Waals surface area contributed by atoms with Crippen molar-refractivity contribution in [3.63, 3.8) is 0 Å². The van der Waals surface area contributed by atoms with E-state index < -0.39 is 5.97 Å². The molecule has 0 aliphatic carbocycles. The topological polar surface area (TPSA) is 26.3 Å². The van der Waals surface area contributed by atoms with E-state index in [-0.39, 0.29) is 5.76 Å². The predicted molar refractivity (Wildman–Crippen MR) is 76.8 cm³/mol. The standard InChI is InChI=1S/C16H18O2/c1-7-16(17)18-15(6)11-10-14(5)13(4)9-8-12(2)3/h7-11H,1-2,4-6H2,3H3/b9-8-,11-10-. The molecule has 0 bridgehead atoms. The highest BCUT2D eigenvalue weighted by Crippen LogP contribution is 2.11. The largest absolute Gasteiger partial charge is 0.424 e. The summed E-state index contributed by atoms with van der Waals surface area (Å²) in [5.41, 5.74) is 2.37. The van der Waals surface area contributed by atoms with Crippen LogP contribution in [0.5, 0.6) is 0 Å². The number of rotatable bonds is 7. The number of carbonyl (C=O) groups excluding carboxylic acids is 1. The lowest BCUT2D eigenvalue weighted by Gasteiger charge is -2.01. The number of hydrogen-bond donors (Lipinski definition) is 0. The minimum absolute atomic E-state index is 0.220. The molecule has 0 unspecified atom stereocenters. The first-order valence-electron chi connectivity index (χ1n) is 5.29. The first kappa shape index (κ1) is 15.7. The van der Waals surface area contributed by atoms with Crippen LogP contribution in [0.2, 0.25) is 0 Å². The average Bonchev–Trinajstić information content (AvgIpc) is 2.32. The summed E-state index contributed by atoms with van der Waals surface area (Å²) in [6.45, 7) is 20.2. The fraction of sp³-hybridized carbons (Fsp3) is 0.0625. The van der Waals surface area contributed by atoms with Crippen LogP contribution in [0.25, 0.3) is 0 Å². The summed E-state index contributed by atoms with van der Waals surface area (Å²) >= 11 is 0. The SMILES string of the molecule is C=CC(=O)OC(=C)/C=C\C(=C)C(=C)/C=C\C(=C)C. The van der Waals surface area contributed by atoms with E-state index in [1.807, 2.05) is 19.1 Å². The van der Waals surface area contributed by atoms with Crippen LogP contribution >= 0.6 is 0 Å². The Labute approximate surface area is 109 Å². The molecule has 0 spiro atoms. The smallest absolute Gasteiger partial charge is 0.335 e. The number of esters is 1. The molecule has 0 atom stereocenters. The van der Waals surface area contributed by atoms with Crippen LogP contribution in [0, 0.1) is 0 Å². The lowest BCUT2D eigenvalue weighted by molar-refractivity contribution is -0.133. The highest BCUT2D eigenvalue weighted by Gasteiger charge is 1.97. The number of hydrogen-bond acceptors (Lipinski definition) is 2. The zero-order chi connectivity index (χ0) is 14.1. The summed E-state index contributed by atoms with van der Waals surface area (Å²) in [5, 5.41) is 0. The monoisotopic (exact) mass is 242 g/mol. The van der Waals surface area contributed by atoms with Crippen molar-refractivity contribution in [2.45, 2.75) is 6.92 Å². The summed E-state index contributed by atoms with van der Waals surface area (Å²) in [5.74, 6) is -0.325. The van der Waals surface area contributed by atoms with Gasteiger partial charge in [0.2, 0.25) is 0 Å². The van der Waals surface area contributed by atoms with Gasteiger partial charge in [-0.1, -0.05) is 56.7 Å². The van der Waals surface area contributed by atoms with Gasteiger partial charge in [-0.05, 0) is 24.1 Å². The third kappa shape index (κ3) is 7.01.